The summed E-state index contributed by atoms with van der Waals surface area (Å²) in [6.45, 7) is 2.08. The first-order chi connectivity index (χ1) is 7.72. The van der Waals surface area contributed by atoms with Gasteiger partial charge >= 0.3 is 0 Å². The van der Waals surface area contributed by atoms with E-state index in [4.69, 9.17) is 11.6 Å². The summed E-state index contributed by atoms with van der Waals surface area (Å²) >= 11 is 5.97. The zero-order valence-electron chi connectivity index (χ0n) is 8.87. The van der Waals surface area contributed by atoms with Crippen molar-refractivity contribution in [1.82, 2.24) is 4.98 Å². The van der Waals surface area contributed by atoms with Crippen LogP contribution in [0.5, 0.6) is 0 Å². The molecule has 0 bridgehead atoms. The summed E-state index contributed by atoms with van der Waals surface area (Å²) in [5.74, 6) is 0. The van der Waals surface area contributed by atoms with Crippen LogP contribution in [0.1, 0.15) is 5.56 Å². The molecule has 0 radical (unpaired) electrons. The lowest BCUT2D eigenvalue weighted by Gasteiger charge is -2.02. The maximum atomic E-state index is 5.97. The summed E-state index contributed by atoms with van der Waals surface area (Å²) in [7, 11) is 0. The summed E-state index contributed by atoms with van der Waals surface area (Å²) in [6.07, 6.45) is 0. The number of aryl methyl sites for hydroxylation is 1. The van der Waals surface area contributed by atoms with E-state index in [0.717, 1.165) is 26.8 Å². The van der Waals surface area contributed by atoms with Gasteiger partial charge in [-0.2, -0.15) is 0 Å². The molecule has 3 rings (SSSR count). The maximum Gasteiger partial charge on any atom is 0.0710 e. The van der Waals surface area contributed by atoms with Gasteiger partial charge in [0.1, 0.15) is 0 Å². The summed E-state index contributed by atoms with van der Waals surface area (Å²) in [6, 6.07) is 14.2. The van der Waals surface area contributed by atoms with E-state index in [1.54, 1.807) is 0 Å². The number of fused-ring (bicyclic) bond motifs is 2. The zero-order valence-corrected chi connectivity index (χ0v) is 9.62. The van der Waals surface area contributed by atoms with E-state index >= 15 is 0 Å². The van der Waals surface area contributed by atoms with E-state index in [2.05, 4.69) is 36.2 Å². The van der Waals surface area contributed by atoms with Crippen LogP contribution in [0.3, 0.4) is 0 Å². The molecule has 1 heterocycles. The lowest BCUT2D eigenvalue weighted by atomic mass is 10.1. The summed E-state index contributed by atoms with van der Waals surface area (Å²) in [4.78, 5) is 4.60. The van der Waals surface area contributed by atoms with Crippen LogP contribution in [0.15, 0.2) is 42.5 Å². The molecule has 0 fully saturated rings. The van der Waals surface area contributed by atoms with E-state index in [1.807, 2.05) is 18.2 Å². The van der Waals surface area contributed by atoms with Gasteiger partial charge in [0.05, 0.1) is 11.0 Å². The number of hydrogen-bond acceptors (Lipinski definition) is 1. The van der Waals surface area contributed by atoms with Crippen molar-refractivity contribution in [1.29, 1.82) is 0 Å². The van der Waals surface area contributed by atoms with Gasteiger partial charge in [0.25, 0.3) is 0 Å². The number of aromatic nitrogens is 1. The van der Waals surface area contributed by atoms with Gasteiger partial charge in [-0.25, -0.2) is 4.98 Å². The molecule has 0 spiro atoms. The van der Waals surface area contributed by atoms with Crippen LogP contribution >= 0.6 is 11.6 Å². The van der Waals surface area contributed by atoms with E-state index in [0.29, 0.717) is 0 Å². The lowest BCUT2D eigenvalue weighted by molar-refractivity contribution is 1.45. The van der Waals surface area contributed by atoms with Crippen molar-refractivity contribution in [3.05, 3.63) is 53.1 Å². The minimum absolute atomic E-state index is 0.751. The van der Waals surface area contributed by atoms with Crippen LogP contribution in [0.2, 0.25) is 5.02 Å². The fourth-order valence-corrected chi connectivity index (χ4v) is 2.11. The first kappa shape index (κ1) is 9.61. The zero-order chi connectivity index (χ0) is 11.1. The van der Waals surface area contributed by atoms with Crippen LogP contribution in [-0.2, 0) is 0 Å². The highest BCUT2D eigenvalue weighted by Crippen LogP contribution is 2.23. The summed E-state index contributed by atoms with van der Waals surface area (Å²) in [5.41, 5.74) is 3.26. The molecule has 0 aliphatic heterocycles. The average molecular weight is 228 g/mol. The Kier molecular flexibility index (Phi) is 2.08. The third-order valence-electron chi connectivity index (χ3n) is 2.72. The molecule has 0 amide bonds. The van der Waals surface area contributed by atoms with Gasteiger partial charge in [-0.05, 0) is 43.3 Å². The molecule has 1 nitrogen and oxygen atoms in total. The van der Waals surface area contributed by atoms with Crippen molar-refractivity contribution in [2.24, 2.45) is 0 Å². The van der Waals surface area contributed by atoms with Crippen molar-refractivity contribution < 1.29 is 0 Å². The van der Waals surface area contributed by atoms with Crippen molar-refractivity contribution in [2.45, 2.75) is 6.92 Å². The first-order valence-electron chi connectivity index (χ1n) is 5.19. The van der Waals surface area contributed by atoms with Crippen molar-refractivity contribution >= 4 is 33.4 Å². The van der Waals surface area contributed by atoms with Crippen molar-refractivity contribution in [2.75, 3.05) is 0 Å². The second-order valence-corrected chi connectivity index (χ2v) is 4.46. The van der Waals surface area contributed by atoms with Gasteiger partial charge in [0, 0.05) is 15.8 Å². The smallest absolute Gasteiger partial charge is 0.0710 e. The molecule has 0 saturated carbocycles. The molecule has 0 atom stereocenters. The van der Waals surface area contributed by atoms with Gasteiger partial charge in [-0.3, -0.25) is 0 Å². The molecule has 0 saturated heterocycles. The van der Waals surface area contributed by atoms with Gasteiger partial charge in [0.2, 0.25) is 0 Å². The van der Waals surface area contributed by atoms with Crippen LogP contribution in [0.4, 0.5) is 0 Å². The second-order valence-electron chi connectivity index (χ2n) is 4.02. The van der Waals surface area contributed by atoms with Crippen LogP contribution in [0.25, 0.3) is 21.8 Å². The van der Waals surface area contributed by atoms with Crippen LogP contribution < -0.4 is 0 Å². The molecule has 78 valence electrons. The molecular weight excluding hydrogens is 218 g/mol. The number of rotatable bonds is 0. The topological polar surface area (TPSA) is 12.9 Å². The minimum Gasteiger partial charge on any atom is -0.248 e. The highest BCUT2D eigenvalue weighted by molar-refractivity contribution is 6.31. The van der Waals surface area contributed by atoms with Gasteiger partial charge in [-0.15, -0.1) is 0 Å². The summed E-state index contributed by atoms with van der Waals surface area (Å²) in [5, 5.41) is 3.00. The van der Waals surface area contributed by atoms with Crippen molar-refractivity contribution in [3.63, 3.8) is 0 Å². The molecule has 2 aromatic carbocycles. The van der Waals surface area contributed by atoms with E-state index < -0.39 is 0 Å². The number of hydrogen-bond donors (Lipinski definition) is 0. The summed E-state index contributed by atoms with van der Waals surface area (Å²) < 4.78 is 0. The third-order valence-corrected chi connectivity index (χ3v) is 2.96. The third kappa shape index (κ3) is 1.54. The highest BCUT2D eigenvalue weighted by Gasteiger charge is 2.00. The van der Waals surface area contributed by atoms with E-state index in [9.17, 15) is 0 Å². The molecular formula is C14H10ClN. The molecule has 2 heteroatoms. The Hall–Kier alpha value is -1.60. The number of pyridine rings is 1. The second kappa shape index (κ2) is 3.46. The molecule has 0 N–H and O–H groups in total. The lowest BCUT2D eigenvalue weighted by Crippen LogP contribution is -1.83. The Labute approximate surface area is 98.7 Å². The van der Waals surface area contributed by atoms with Gasteiger partial charge < -0.3 is 0 Å². The van der Waals surface area contributed by atoms with Crippen LogP contribution in [0, 0.1) is 6.92 Å². The Morgan fingerprint density at radius 1 is 0.875 bits per heavy atom. The molecule has 0 unspecified atom stereocenters. The molecule has 3 aromatic rings. The van der Waals surface area contributed by atoms with Gasteiger partial charge in [0.15, 0.2) is 0 Å². The monoisotopic (exact) mass is 227 g/mol. The fourth-order valence-electron chi connectivity index (χ4n) is 1.93. The maximum absolute atomic E-state index is 5.97. The number of nitrogens with zero attached hydrogens (tertiary/aromatic N) is 1. The molecule has 16 heavy (non-hydrogen) atoms. The largest absolute Gasteiger partial charge is 0.248 e. The Morgan fingerprint density at radius 2 is 1.56 bits per heavy atom. The van der Waals surface area contributed by atoms with E-state index in [-0.39, 0.29) is 0 Å². The predicted octanol–water partition coefficient (Wildman–Crippen LogP) is 4.35. The van der Waals surface area contributed by atoms with E-state index in [1.165, 1.54) is 5.56 Å². The van der Waals surface area contributed by atoms with Crippen molar-refractivity contribution in [3.8, 4) is 0 Å². The molecule has 1 aromatic heterocycles. The average Bonchev–Trinajstić information content (AvgIpc) is 2.26. The Morgan fingerprint density at radius 3 is 2.38 bits per heavy atom. The Bertz CT molecular complexity index is 632. The SMILES string of the molecule is Cc1ccc2nc3ccc(Cl)cc3cc2c1. The standard InChI is InChI=1S/C14H10ClN/c1-9-2-4-13-10(6-9)7-11-8-12(15)3-5-14(11)16-13/h2-8H,1H3. The highest BCUT2D eigenvalue weighted by atomic mass is 35.5. The number of halogens is 1. The first-order valence-corrected chi connectivity index (χ1v) is 5.57. The normalized spacial score (nSPS) is 11.1. The fraction of sp³-hybridized carbons (Fsp3) is 0.0714. The molecule has 0 aliphatic carbocycles. The number of benzene rings is 2. The van der Waals surface area contributed by atoms with Crippen LogP contribution in [-0.4, -0.2) is 4.98 Å². The minimum atomic E-state index is 0.751. The van der Waals surface area contributed by atoms with Gasteiger partial charge in [-0.1, -0.05) is 23.2 Å². The molecule has 0 aliphatic rings. The quantitative estimate of drug-likeness (QED) is 0.521. The predicted molar refractivity (Wildman–Crippen MR) is 69.0 cm³/mol. The Balaban J connectivity index is 2.44.